The van der Waals surface area contributed by atoms with Gasteiger partial charge in [0.25, 0.3) is 5.91 Å². The minimum absolute atomic E-state index is 0.0857. The third kappa shape index (κ3) is 1.99. The molecular formula is C11H13N3O. The van der Waals surface area contributed by atoms with Gasteiger partial charge in [0, 0.05) is 12.2 Å². The third-order valence-corrected chi connectivity index (χ3v) is 2.29. The standard InChI is InChI=1S/C11H13N3O/c12-10-6-2-1-5-9(10)11(15)14-8-4-3-7-13-14/h1-6,13H,7-8,12H2. The molecule has 1 aromatic carbocycles. The van der Waals surface area contributed by atoms with Crippen molar-refractivity contribution in [2.75, 3.05) is 18.8 Å². The molecule has 1 aromatic rings. The first-order valence-corrected chi connectivity index (χ1v) is 4.84. The van der Waals surface area contributed by atoms with Crippen molar-refractivity contribution < 1.29 is 4.79 Å². The minimum atomic E-state index is -0.0857. The number of hydrogen-bond donors (Lipinski definition) is 2. The highest BCUT2D eigenvalue weighted by Gasteiger charge is 2.17. The van der Waals surface area contributed by atoms with Crippen LogP contribution in [0.4, 0.5) is 5.69 Å². The molecule has 4 nitrogen and oxygen atoms in total. The van der Waals surface area contributed by atoms with E-state index in [9.17, 15) is 4.79 Å². The molecule has 1 heterocycles. The predicted molar refractivity (Wildman–Crippen MR) is 59.0 cm³/mol. The van der Waals surface area contributed by atoms with E-state index in [0.717, 1.165) is 0 Å². The summed E-state index contributed by atoms with van der Waals surface area (Å²) in [5.74, 6) is -0.0857. The summed E-state index contributed by atoms with van der Waals surface area (Å²) in [6, 6.07) is 7.09. The van der Waals surface area contributed by atoms with Gasteiger partial charge in [-0.3, -0.25) is 9.80 Å². The van der Waals surface area contributed by atoms with E-state index in [-0.39, 0.29) is 5.91 Å². The van der Waals surface area contributed by atoms with E-state index in [1.54, 1.807) is 17.1 Å². The van der Waals surface area contributed by atoms with Crippen LogP contribution in [0.3, 0.4) is 0 Å². The lowest BCUT2D eigenvalue weighted by atomic mass is 10.1. The number of anilines is 1. The lowest BCUT2D eigenvalue weighted by Crippen LogP contribution is -2.45. The quantitative estimate of drug-likeness (QED) is 0.524. The van der Waals surface area contributed by atoms with Gasteiger partial charge in [-0.05, 0) is 12.1 Å². The first-order chi connectivity index (χ1) is 7.29. The summed E-state index contributed by atoms with van der Waals surface area (Å²) in [5.41, 5.74) is 9.78. The van der Waals surface area contributed by atoms with Gasteiger partial charge in [0.2, 0.25) is 0 Å². The molecule has 0 aliphatic carbocycles. The fraction of sp³-hybridized carbons (Fsp3) is 0.182. The van der Waals surface area contributed by atoms with Crippen molar-refractivity contribution in [3.63, 3.8) is 0 Å². The molecule has 2 rings (SSSR count). The van der Waals surface area contributed by atoms with Crippen LogP contribution in [-0.4, -0.2) is 24.0 Å². The maximum Gasteiger partial charge on any atom is 0.270 e. The number of benzene rings is 1. The van der Waals surface area contributed by atoms with E-state index in [4.69, 9.17) is 5.73 Å². The molecule has 0 aromatic heterocycles. The Labute approximate surface area is 88.3 Å². The molecule has 78 valence electrons. The monoisotopic (exact) mass is 203 g/mol. The third-order valence-electron chi connectivity index (χ3n) is 2.29. The minimum Gasteiger partial charge on any atom is -0.398 e. The molecule has 1 aliphatic rings. The molecule has 0 atom stereocenters. The number of nitrogens with zero attached hydrogens (tertiary/aromatic N) is 1. The molecule has 0 saturated carbocycles. The number of nitrogens with two attached hydrogens (primary N) is 1. The van der Waals surface area contributed by atoms with Gasteiger partial charge in [-0.15, -0.1) is 0 Å². The molecule has 3 N–H and O–H groups in total. The zero-order valence-electron chi connectivity index (χ0n) is 8.31. The molecule has 4 heteroatoms. The Hall–Kier alpha value is -1.81. The molecule has 0 radical (unpaired) electrons. The zero-order valence-corrected chi connectivity index (χ0v) is 8.31. The van der Waals surface area contributed by atoms with Crippen LogP contribution in [0.25, 0.3) is 0 Å². The van der Waals surface area contributed by atoms with Crippen LogP contribution in [0.2, 0.25) is 0 Å². The topological polar surface area (TPSA) is 58.4 Å². The van der Waals surface area contributed by atoms with Crippen LogP contribution in [0.5, 0.6) is 0 Å². The summed E-state index contributed by atoms with van der Waals surface area (Å²) in [6.45, 7) is 1.26. The SMILES string of the molecule is Nc1ccccc1C(=O)N1CC=CCN1. The fourth-order valence-corrected chi connectivity index (χ4v) is 1.48. The molecular weight excluding hydrogens is 190 g/mol. The van der Waals surface area contributed by atoms with E-state index in [1.807, 2.05) is 24.3 Å². The smallest absolute Gasteiger partial charge is 0.270 e. The summed E-state index contributed by atoms with van der Waals surface area (Å²) < 4.78 is 0. The van der Waals surface area contributed by atoms with Crippen molar-refractivity contribution in [1.82, 2.24) is 10.4 Å². The molecule has 0 fully saturated rings. The number of amides is 1. The first-order valence-electron chi connectivity index (χ1n) is 4.84. The molecule has 0 saturated heterocycles. The molecule has 0 bridgehead atoms. The van der Waals surface area contributed by atoms with Gasteiger partial charge < -0.3 is 5.73 Å². The maximum atomic E-state index is 12.0. The number of hydrogen-bond acceptors (Lipinski definition) is 3. The van der Waals surface area contributed by atoms with Gasteiger partial charge in [-0.1, -0.05) is 24.3 Å². The van der Waals surface area contributed by atoms with Gasteiger partial charge in [0.1, 0.15) is 0 Å². The molecule has 0 spiro atoms. The number of carbonyl (C=O) groups is 1. The van der Waals surface area contributed by atoms with Gasteiger partial charge >= 0.3 is 0 Å². The second kappa shape index (κ2) is 4.14. The summed E-state index contributed by atoms with van der Waals surface area (Å²) in [4.78, 5) is 12.0. The molecule has 0 unspecified atom stereocenters. The van der Waals surface area contributed by atoms with Crippen molar-refractivity contribution >= 4 is 11.6 Å². The van der Waals surface area contributed by atoms with Gasteiger partial charge in [-0.25, -0.2) is 5.43 Å². The van der Waals surface area contributed by atoms with Crippen LogP contribution in [0, 0.1) is 0 Å². The van der Waals surface area contributed by atoms with E-state index >= 15 is 0 Å². The number of para-hydroxylation sites is 1. The highest BCUT2D eigenvalue weighted by Crippen LogP contribution is 2.13. The highest BCUT2D eigenvalue weighted by molar-refractivity contribution is 5.98. The van der Waals surface area contributed by atoms with Crippen molar-refractivity contribution in [3.05, 3.63) is 42.0 Å². The van der Waals surface area contributed by atoms with Crippen molar-refractivity contribution in [2.24, 2.45) is 0 Å². The lowest BCUT2D eigenvalue weighted by Gasteiger charge is -2.24. The average molecular weight is 203 g/mol. The zero-order chi connectivity index (χ0) is 10.7. The van der Waals surface area contributed by atoms with Gasteiger partial charge in [0.15, 0.2) is 0 Å². The average Bonchev–Trinajstić information content (AvgIpc) is 2.30. The number of rotatable bonds is 1. The van der Waals surface area contributed by atoms with E-state index in [0.29, 0.717) is 24.3 Å². The Kier molecular flexibility index (Phi) is 2.69. The Bertz CT molecular complexity index is 401. The van der Waals surface area contributed by atoms with E-state index in [1.165, 1.54) is 0 Å². The largest absolute Gasteiger partial charge is 0.398 e. The van der Waals surface area contributed by atoms with Gasteiger partial charge in [0.05, 0.1) is 12.1 Å². The Morgan fingerprint density at radius 1 is 1.33 bits per heavy atom. The summed E-state index contributed by atoms with van der Waals surface area (Å²) >= 11 is 0. The van der Waals surface area contributed by atoms with Crippen molar-refractivity contribution in [1.29, 1.82) is 0 Å². The van der Waals surface area contributed by atoms with Crippen molar-refractivity contribution in [3.8, 4) is 0 Å². The Balaban J connectivity index is 2.20. The van der Waals surface area contributed by atoms with Crippen LogP contribution < -0.4 is 11.2 Å². The van der Waals surface area contributed by atoms with Crippen LogP contribution >= 0.6 is 0 Å². The fourth-order valence-electron chi connectivity index (χ4n) is 1.48. The summed E-state index contributed by atoms with van der Waals surface area (Å²) in [6.07, 6.45) is 3.94. The summed E-state index contributed by atoms with van der Waals surface area (Å²) in [5, 5.41) is 1.56. The van der Waals surface area contributed by atoms with Crippen LogP contribution in [0.1, 0.15) is 10.4 Å². The van der Waals surface area contributed by atoms with Gasteiger partial charge in [-0.2, -0.15) is 0 Å². The number of carbonyl (C=O) groups excluding carboxylic acids is 1. The lowest BCUT2D eigenvalue weighted by molar-refractivity contribution is 0.0687. The Morgan fingerprint density at radius 3 is 2.80 bits per heavy atom. The molecule has 1 aliphatic heterocycles. The van der Waals surface area contributed by atoms with Crippen LogP contribution in [0.15, 0.2) is 36.4 Å². The normalized spacial score (nSPS) is 15.3. The second-order valence-electron chi connectivity index (χ2n) is 3.34. The first kappa shape index (κ1) is 9.73. The van der Waals surface area contributed by atoms with E-state index in [2.05, 4.69) is 5.43 Å². The number of nitrogens with one attached hydrogen (secondary N) is 1. The highest BCUT2D eigenvalue weighted by atomic mass is 16.2. The molecule has 15 heavy (non-hydrogen) atoms. The predicted octanol–water partition coefficient (Wildman–Crippen LogP) is 0.785. The number of hydrazine groups is 1. The number of nitrogen functional groups attached to an aromatic ring is 1. The Morgan fingerprint density at radius 2 is 2.13 bits per heavy atom. The van der Waals surface area contributed by atoms with Crippen molar-refractivity contribution in [2.45, 2.75) is 0 Å². The second-order valence-corrected chi connectivity index (χ2v) is 3.34. The summed E-state index contributed by atoms with van der Waals surface area (Å²) in [7, 11) is 0. The van der Waals surface area contributed by atoms with Crippen LogP contribution in [-0.2, 0) is 0 Å². The van der Waals surface area contributed by atoms with E-state index < -0.39 is 0 Å². The molecule has 1 amide bonds. The maximum absolute atomic E-state index is 12.0.